The predicted molar refractivity (Wildman–Crippen MR) is 140 cm³/mol. The summed E-state index contributed by atoms with van der Waals surface area (Å²) in [5.41, 5.74) is -0.0464. The Morgan fingerprint density at radius 2 is 1.83 bits per heavy atom. The van der Waals surface area contributed by atoms with Crippen molar-refractivity contribution in [1.82, 2.24) is 15.1 Å². The number of rotatable bonds is 6. The first-order valence-corrected chi connectivity index (χ1v) is 12.7. The average Bonchev–Trinajstić information content (AvgIpc) is 3.33. The van der Waals surface area contributed by atoms with Crippen LogP contribution in [0.15, 0.2) is 35.5 Å². The monoisotopic (exact) mass is 513 g/mol. The molecule has 2 heterocycles. The van der Waals surface area contributed by atoms with Crippen LogP contribution in [0.25, 0.3) is 0 Å². The van der Waals surface area contributed by atoms with Crippen molar-refractivity contribution in [2.24, 2.45) is 11.3 Å². The third-order valence-corrected chi connectivity index (χ3v) is 7.67. The SMILES string of the molecule is C#CCCC(=O)N1CC[C@@H](C(=O)NC(C(=O)N2CCC(O)(c3ccc(Cl)cc3)C(C)(C)C2)=C(C)C)C1. The Kier molecular flexibility index (Phi) is 8.53. The van der Waals surface area contributed by atoms with E-state index in [1.54, 1.807) is 35.8 Å². The number of nitrogens with one attached hydrogen (secondary N) is 1. The molecule has 2 N–H and O–H groups in total. The molecule has 2 fully saturated rings. The summed E-state index contributed by atoms with van der Waals surface area (Å²) in [6, 6.07) is 7.16. The van der Waals surface area contributed by atoms with Crippen molar-refractivity contribution in [2.45, 2.75) is 59.0 Å². The summed E-state index contributed by atoms with van der Waals surface area (Å²) in [6.45, 7) is 8.94. The highest BCUT2D eigenvalue weighted by atomic mass is 35.5. The molecule has 2 aliphatic rings. The van der Waals surface area contributed by atoms with Gasteiger partial charge in [-0.05, 0) is 50.0 Å². The van der Waals surface area contributed by atoms with Gasteiger partial charge in [-0.3, -0.25) is 14.4 Å². The van der Waals surface area contributed by atoms with Crippen LogP contribution in [-0.4, -0.2) is 58.8 Å². The Hall–Kier alpha value is -2.82. The number of terminal acetylenes is 1. The van der Waals surface area contributed by atoms with Crippen LogP contribution >= 0.6 is 11.6 Å². The lowest BCUT2D eigenvalue weighted by Crippen LogP contribution is -2.57. The maximum Gasteiger partial charge on any atom is 0.270 e. The molecule has 0 radical (unpaired) electrons. The molecule has 2 saturated heterocycles. The third kappa shape index (κ3) is 5.77. The van der Waals surface area contributed by atoms with E-state index >= 15 is 0 Å². The lowest BCUT2D eigenvalue weighted by molar-refractivity contribution is -0.150. The molecule has 7 nitrogen and oxygen atoms in total. The summed E-state index contributed by atoms with van der Waals surface area (Å²) >= 11 is 6.03. The number of benzene rings is 1. The van der Waals surface area contributed by atoms with Gasteiger partial charge in [-0.15, -0.1) is 12.3 Å². The third-order valence-electron chi connectivity index (χ3n) is 7.42. The van der Waals surface area contributed by atoms with E-state index in [1.165, 1.54) is 0 Å². The highest BCUT2D eigenvalue weighted by Gasteiger charge is 2.50. The van der Waals surface area contributed by atoms with Gasteiger partial charge in [0, 0.05) is 49.5 Å². The van der Waals surface area contributed by atoms with Crippen LogP contribution in [0.5, 0.6) is 0 Å². The summed E-state index contributed by atoms with van der Waals surface area (Å²) in [6.07, 6.45) is 6.80. The molecule has 0 aromatic heterocycles. The molecule has 1 aromatic rings. The predicted octanol–water partition coefficient (Wildman–Crippen LogP) is 3.46. The fourth-order valence-electron chi connectivity index (χ4n) is 5.07. The van der Waals surface area contributed by atoms with Crippen molar-refractivity contribution >= 4 is 29.3 Å². The lowest BCUT2D eigenvalue weighted by atomic mass is 9.66. The van der Waals surface area contributed by atoms with Crippen molar-refractivity contribution in [1.29, 1.82) is 0 Å². The number of aliphatic hydroxyl groups is 1. The molecule has 0 bridgehead atoms. The van der Waals surface area contributed by atoms with Crippen molar-refractivity contribution in [2.75, 3.05) is 26.2 Å². The molecule has 1 aromatic carbocycles. The Balaban J connectivity index is 1.68. The van der Waals surface area contributed by atoms with E-state index in [-0.39, 0.29) is 35.8 Å². The van der Waals surface area contributed by atoms with E-state index in [2.05, 4.69) is 11.2 Å². The van der Waals surface area contributed by atoms with Gasteiger partial charge in [-0.2, -0.15) is 0 Å². The molecule has 3 rings (SSSR count). The molecular formula is C28H36ClN3O4. The summed E-state index contributed by atoms with van der Waals surface area (Å²) in [4.78, 5) is 42.2. The fraction of sp³-hybridized carbons (Fsp3) is 0.536. The molecule has 0 aliphatic carbocycles. The van der Waals surface area contributed by atoms with Crippen molar-refractivity contribution < 1.29 is 19.5 Å². The number of allylic oxidation sites excluding steroid dienone is 1. The van der Waals surface area contributed by atoms with Gasteiger partial charge in [0.15, 0.2) is 0 Å². The minimum atomic E-state index is -1.12. The zero-order valence-electron chi connectivity index (χ0n) is 21.6. The largest absolute Gasteiger partial charge is 0.384 e. The molecular weight excluding hydrogens is 478 g/mol. The number of hydrogen-bond donors (Lipinski definition) is 2. The summed E-state index contributed by atoms with van der Waals surface area (Å²) in [5, 5.41) is 15.1. The fourth-order valence-corrected chi connectivity index (χ4v) is 5.20. The Morgan fingerprint density at radius 3 is 2.42 bits per heavy atom. The van der Waals surface area contributed by atoms with Crippen molar-refractivity contribution in [3.63, 3.8) is 0 Å². The first-order chi connectivity index (χ1) is 16.9. The Bertz CT molecular complexity index is 1090. The van der Waals surface area contributed by atoms with Crippen molar-refractivity contribution in [3.8, 4) is 12.3 Å². The van der Waals surface area contributed by atoms with E-state index in [9.17, 15) is 19.5 Å². The number of halogens is 1. The van der Waals surface area contributed by atoms with Gasteiger partial charge in [-0.25, -0.2) is 0 Å². The Labute approximate surface area is 218 Å². The highest BCUT2D eigenvalue weighted by molar-refractivity contribution is 6.30. The molecule has 1 unspecified atom stereocenters. The first kappa shape index (κ1) is 27.8. The van der Waals surface area contributed by atoms with E-state index in [0.717, 1.165) is 5.56 Å². The van der Waals surface area contributed by atoms with E-state index in [0.29, 0.717) is 56.0 Å². The molecule has 0 spiro atoms. The second kappa shape index (κ2) is 11.1. The summed E-state index contributed by atoms with van der Waals surface area (Å²) < 4.78 is 0. The zero-order chi connectivity index (χ0) is 26.7. The maximum atomic E-state index is 13.5. The minimum absolute atomic E-state index is 0.0505. The zero-order valence-corrected chi connectivity index (χ0v) is 22.3. The first-order valence-electron chi connectivity index (χ1n) is 12.4. The van der Waals surface area contributed by atoms with Crippen LogP contribution < -0.4 is 5.32 Å². The molecule has 194 valence electrons. The summed E-state index contributed by atoms with van der Waals surface area (Å²) in [7, 11) is 0. The van der Waals surface area contributed by atoms with Gasteiger partial charge in [0.25, 0.3) is 5.91 Å². The standard InChI is InChI=1S/C28H36ClN3O4/c1-6-7-8-23(33)31-15-13-20(17-31)25(34)30-24(19(2)3)26(35)32-16-14-28(36,27(4,5)18-32)21-9-11-22(29)12-10-21/h1,9-12,20,36H,7-8,13-18H2,2-5H3,(H,30,34)/t20-,28?/m1/s1. The maximum absolute atomic E-state index is 13.5. The molecule has 3 amide bonds. The number of amides is 3. The topological polar surface area (TPSA) is 90.0 Å². The van der Waals surface area contributed by atoms with Gasteiger partial charge >= 0.3 is 0 Å². The van der Waals surface area contributed by atoms with Gasteiger partial charge in [0.05, 0.1) is 11.5 Å². The number of hydrogen-bond acceptors (Lipinski definition) is 4. The van der Waals surface area contributed by atoms with Crippen LogP contribution in [0.3, 0.4) is 0 Å². The second-order valence-corrected chi connectivity index (χ2v) is 11.1. The minimum Gasteiger partial charge on any atom is -0.384 e. The van der Waals surface area contributed by atoms with Crippen LogP contribution in [0.1, 0.15) is 58.9 Å². The number of nitrogens with zero attached hydrogens (tertiary/aromatic N) is 2. The quantitative estimate of drug-likeness (QED) is 0.450. The van der Waals surface area contributed by atoms with Gasteiger partial charge in [0.2, 0.25) is 11.8 Å². The van der Waals surface area contributed by atoms with Gasteiger partial charge < -0.3 is 20.2 Å². The van der Waals surface area contributed by atoms with E-state index in [4.69, 9.17) is 18.0 Å². The van der Waals surface area contributed by atoms with Crippen LogP contribution in [0.4, 0.5) is 0 Å². The van der Waals surface area contributed by atoms with Crippen LogP contribution in [0.2, 0.25) is 5.02 Å². The smallest absolute Gasteiger partial charge is 0.270 e. The molecule has 2 atom stereocenters. The van der Waals surface area contributed by atoms with E-state index in [1.807, 2.05) is 26.0 Å². The molecule has 0 saturated carbocycles. The Morgan fingerprint density at radius 1 is 1.17 bits per heavy atom. The van der Waals surface area contributed by atoms with Crippen LogP contribution in [0, 0.1) is 23.7 Å². The number of likely N-dealkylation sites (tertiary alicyclic amines) is 2. The van der Waals surface area contributed by atoms with Gasteiger partial charge in [0.1, 0.15) is 5.70 Å². The normalized spacial score (nSPS) is 23.1. The molecule has 8 heteroatoms. The van der Waals surface area contributed by atoms with Crippen LogP contribution in [-0.2, 0) is 20.0 Å². The number of piperidine rings is 1. The highest BCUT2D eigenvalue weighted by Crippen LogP contribution is 2.46. The van der Waals surface area contributed by atoms with E-state index < -0.39 is 11.0 Å². The van der Waals surface area contributed by atoms with Crippen molar-refractivity contribution in [3.05, 3.63) is 46.1 Å². The molecule has 36 heavy (non-hydrogen) atoms. The average molecular weight is 514 g/mol. The number of carbonyl (C=O) groups excluding carboxylic acids is 3. The lowest BCUT2D eigenvalue weighted by Gasteiger charge is -2.50. The number of carbonyl (C=O) groups is 3. The van der Waals surface area contributed by atoms with Gasteiger partial charge in [-0.1, -0.05) is 37.6 Å². The second-order valence-electron chi connectivity index (χ2n) is 10.6. The molecule has 2 aliphatic heterocycles. The summed E-state index contributed by atoms with van der Waals surface area (Å²) in [5.74, 6) is 1.50.